The Labute approximate surface area is 78.4 Å². The second kappa shape index (κ2) is 4.58. The topological polar surface area (TPSA) is 61.5 Å². The first kappa shape index (κ1) is 10.5. The van der Waals surface area contributed by atoms with E-state index in [0.29, 0.717) is 12.7 Å². The Morgan fingerprint density at radius 2 is 2.31 bits per heavy atom. The molecular weight excluding hydrogens is 170 g/mol. The number of hydrogen-bond donors (Lipinski definition) is 1. The van der Waals surface area contributed by atoms with Crippen LogP contribution in [0.2, 0.25) is 0 Å². The lowest BCUT2D eigenvalue weighted by Crippen LogP contribution is -2.43. The van der Waals surface area contributed by atoms with E-state index in [1.807, 2.05) is 6.92 Å². The van der Waals surface area contributed by atoms with E-state index in [0.717, 1.165) is 12.8 Å². The molecule has 1 rings (SSSR count). The molecule has 3 atom stereocenters. The van der Waals surface area contributed by atoms with Crippen molar-refractivity contribution in [3.63, 3.8) is 0 Å². The van der Waals surface area contributed by atoms with E-state index in [1.54, 1.807) is 0 Å². The van der Waals surface area contributed by atoms with Crippen LogP contribution in [0.3, 0.4) is 0 Å². The quantitative estimate of drug-likeness (QED) is 0.632. The van der Waals surface area contributed by atoms with E-state index in [2.05, 4.69) is 4.74 Å². The van der Waals surface area contributed by atoms with Crippen LogP contribution in [-0.2, 0) is 14.3 Å². The largest absolute Gasteiger partial charge is 0.468 e. The Kier molecular flexibility index (Phi) is 3.69. The van der Waals surface area contributed by atoms with Gasteiger partial charge in [0, 0.05) is 5.92 Å². The first-order valence-corrected chi connectivity index (χ1v) is 4.60. The van der Waals surface area contributed by atoms with Gasteiger partial charge in [0.1, 0.15) is 6.04 Å². The molecule has 0 amide bonds. The van der Waals surface area contributed by atoms with E-state index in [-0.39, 0.29) is 11.9 Å². The molecule has 4 heteroatoms. The van der Waals surface area contributed by atoms with Crippen LogP contribution < -0.4 is 5.73 Å². The molecule has 0 saturated carbocycles. The molecule has 1 aliphatic rings. The molecule has 0 aromatic carbocycles. The van der Waals surface area contributed by atoms with Crippen LogP contribution in [0, 0.1) is 5.92 Å². The molecule has 0 bridgehead atoms. The van der Waals surface area contributed by atoms with Crippen molar-refractivity contribution in [2.45, 2.75) is 31.9 Å². The average Bonchev–Trinajstić information content (AvgIpc) is 2.17. The highest BCUT2D eigenvalue weighted by Crippen LogP contribution is 2.20. The smallest absolute Gasteiger partial charge is 0.323 e. The third-order valence-corrected chi connectivity index (χ3v) is 2.52. The van der Waals surface area contributed by atoms with Crippen LogP contribution in [0.5, 0.6) is 0 Å². The van der Waals surface area contributed by atoms with Crippen molar-refractivity contribution >= 4 is 5.97 Å². The van der Waals surface area contributed by atoms with Gasteiger partial charge in [-0.2, -0.15) is 0 Å². The van der Waals surface area contributed by atoms with Gasteiger partial charge in [-0.1, -0.05) is 0 Å². The molecule has 0 aromatic heterocycles. The van der Waals surface area contributed by atoms with Crippen LogP contribution >= 0.6 is 0 Å². The lowest BCUT2D eigenvalue weighted by atomic mass is 9.92. The zero-order chi connectivity index (χ0) is 9.84. The van der Waals surface area contributed by atoms with Gasteiger partial charge in [-0.05, 0) is 19.8 Å². The summed E-state index contributed by atoms with van der Waals surface area (Å²) in [6.07, 6.45) is 2.20. The van der Waals surface area contributed by atoms with Crippen molar-refractivity contribution in [2.24, 2.45) is 11.7 Å². The summed E-state index contributed by atoms with van der Waals surface area (Å²) in [7, 11) is 1.36. The monoisotopic (exact) mass is 187 g/mol. The molecular formula is C9H17NO3. The molecule has 0 aliphatic carbocycles. The Morgan fingerprint density at radius 3 is 2.77 bits per heavy atom. The number of rotatable bonds is 2. The van der Waals surface area contributed by atoms with Crippen LogP contribution in [0.15, 0.2) is 0 Å². The SMILES string of the molecule is COC(=O)C(N)C1CCC(C)OC1. The van der Waals surface area contributed by atoms with E-state index in [4.69, 9.17) is 10.5 Å². The summed E-state index contributed by atoms with van der Waals surface area (Å²) in [6.45, 7) is 2.59. The van der Waals surface area contributed by atoms with Crippen molar-refractivity contribution in [1.29, 1.82) is 0 Å². The van der Waals surface area contributed by atoms with Gasteiger partial charge < -0.3 is 15.2 Å². The molecule has 0 radical (unpaired) electrons. The van der Waals surface area contributed by atoms with Crippen molar-refractivity contribution < 1.29 is 14.3 Å². The highest BCUT2D eigenvalue weighted by molar-refractivity contribution is 5.75. The maximum atomic E-state index is 11.1. The second-order valence-corrected chi connectivity index (χ2v) is 3.53. The van der Waals surface area contributed by atoms with Gasteiger partial charge >= 0.3 is 5.97 Å². The summed E-state index contributed by atoms with van der Waals surface area (Å²) in [4.78, 5) is 11.1. The fraction of sp³-hybridized carbons (Fsp3) is 0.889. The summed E-state index contributed by atoms with van der Waals surface area (Å²) in [5, 5.41) is 0. The number of nitrogens with two attached hydrogens (primary N) is 1. The summed E-state index contributed by atoms with van der Waals surface area (Å²) < 4.78 is 9.99. The Balaban J connectivity index is 2.39. The first-order chi connectivity index (χ1) is 6.15. The molecule has 1 saturated heterocycles. The van der Waals surface area contributed by atoms with Gasteiger partial charge in [0.25, 0.3) is 0 Å². The third kappa shape index (κ3) is 2.67. The lowest BCUT2D eigenvalue weighted by molar-refractivity contribution is -0.145. The molecule has 76 valence electrons. The number of ether oxygens (including phenoxy) is 2. The minimum atomic E-state index is -0.530. The summed E-state index contributed by atoms with van der Waals surface area (Å²) in [5.74, 6) is -0.230. The molecule has 1 aliphatic heterocycles. The fourth-order valence-corrected chi connectivity index (χ4v) is 1.52. The molecule has 0 spiro atoms. The maximum Gasteiger partial charge on any atom is 0.323 e. The predicted octanol–water partition coefficient (Wildman–Crippen LogP) is 0.302. The van der Waals surface area contributed by atoms with E-state index >= 15 is 0 Å². The van der Waals surface area contributed by atoms with Gasteiger partial charge in [-0.25, -0.2) is 0 Å². The molecule has 0 aromatic rings. The second-order valence-electron chi connectivity index (χ2n) is 3.53. The van der Waals surface area contributed by atoms with Gasteiger partial charge in [-0.15, -0.1) is 0 Å². The van der Waals surface area contributed by atoms with Crippen molar-refractivity contribution in [2.75, 3.05) is 13.7 Å². The first-order valence-electron chi connectivity index (χ1n) is 4.60. The zero-order valence-corrected chi connectivity index (χ0v) is 8.16. The van der Waals surface area contributed by atoms with Gasteiger partial charge in [0.15, 0.2) is 0 Å². The van der Waals surface area contributed by atoms with Gasteiger partial charge in [0.05, 0.1) is 19.8 Å². The lowest BCUT2D eigenvalue weighted by Gasteiger charge is -2.29. The summed E-state index contributed by atoms with van der Waals surface area (Å²) in [6, 6.07) is -0.530. The number of esters is 1. The van der Waals surface area contributed by atoms with Crippen molar-refractivity contribution in [3.8, 4) is 0 Å². The highest BCUT2D eigenvalue weighted by Gasteiger charge is 2.29. The predicted molar refractivity (Wildman–Crippen MR) is 48.1 cm³/mol. The molecule has 1 fully saturated rings. The summed E-state index contributed by atoms with van der Waals surface area (Å²) >= 11 is 0. The van der Waals surface area contributed by atoms with Crippen LogP contribution in [0.4, 0.5) is 0 Å². The van der Waals surface area contributed by atoms with E-state index < -0.39 is 6.04 Å². The number of carbonyl (C=O) groups excluding carboxylic acids is 1. The van der Waals surface area contributed by atoms with Crippen LogP contribution in [0.1, 0.15) is 19.8 Å². The fourth-order valence-electron chi connectivity index (χ4n) is 1.52. The average molecular weight is 187 g/mol. The van der Waals surface area contributed by atoms with E-state index in [1.165, 1.54) is 7.11 Å². The Morgan fingerprint density at radius 1 is 1.62 bits per heavy atom. The normalized spacial score (nSPS) is 31.0. The molecule has 1 heterocycles. The molecule has 13 heavy (non-hydrogen) atoms. The van der Waals surface area contributed by atoms with Gasteiger partial charge in [-0.3, -0.25) is 4.79 Å². The molecule has 2 N–H and O–H groups in total. The van der Waals surface area contributed by atoms with Gasteiger partial charge in [0.2, 0.25) is 0 Å². The highest BCUT2D eigenvalue weighted by atomic mass is 16.5. The number of methoxy groups -OCH3 is 1. The van der Waals surface area contributed by atoms with E-state index in [9.17, 15) is 4.79 Å². The van der Waals surface area contributed by atoms with Crippen LogP contribution in [-0.4, -0.2) is 31.8 Å². The van der Waals surface area contributed by atoms with Crippen LogP contribution in [0.25, 0.3) is 0 Å². The minimum absolute atomic E-state index is 0.114. The number of hydrogen-bond acceptors (Lipinski definition) is 4. The zero-order valence-electron chi connectivity index (χ0n) is 8.16. The Bertz CT molecular complexity index is 176. The summed E-state index contributed by atoms with van der Waals surface area (Å²) in [5.41, 5.74) is 5.69. The van der Waals surface area contributed by atoms with Crippen molar-refractivity contribution in [1.82, 2.24) is 0 Å². The molecule has 4 nitrogen and oxygen atoms in total. The third-order valence-electron chi connectivity index (χ3n) is 2.52. The number of carbonyl (C=O) groups is 1. The molecule has 3 unspecified atom stereocenters. The standard InChI is InChI=1S/C9H17NO3/c1-6-3-4-7(5-13-6)8(10)9(11)12-2/h6-8H,3-5,10H2,1-2H3. The van der Waals surface area contributed by atoms with Crippen molar-refractivity contribution in [3.05, 3.63) is 0 Å². The maximum absolute atomic E-state index is 11.1. The minimum Gasteiger partial charge on any atom is -0.468 e. The Hall–Kier alpha value is -0.610.